The van der Waals surface area contributed by atoms with Crippen molar-refractivity contribution >= 4 is 12.0 Å². The van der Waals surface area contributed by atoms with Gasteiger partial charge in [-0.3, -0.25) is 0 Å². The molecule has 0 unspecified atom stereocenters. The molecule has 0 bridgehead atoms. The molecule has 1 rings (SSSR count). The lowest BCUT2D eigenvalue weighted by Gasteiger charge is -2.04. The molecular formula is C13H14O2. The van der Waals surface area contributed by atoms with Crippen LogP contribution in [0.2, 0.25) is 0 Å². The van der Waals surface area contributed by atoms with Gasteiger partial charge in [-0.25, -0.2) is 4.79 Å². The van der Waals surface area contributed by atoms with E-state index in [9.17, 15) is 4.79 Å². The van der Waals surface area contributed by atoms with Crippen LogP contribution >= 0.6 is 0 Å². The van der Waals surface area contributed by atoms with Crippen molar-refractivity contribution in [2.45, 2.75) is 13.8 Å². The number of hydrogen-bond acceptors (Lipinski definition) is 2. The van der Waals surface area contributed by atoms with Crippen LogP contribution in [0, 0.1) is 0 Å². The van der Waals surface area contributed by atoms with Crippen molar-refractivity contribution in [3.05, 3.63) is 48.1 Å². The molecule has 0 aromatic heterocycles. The molecule has 0 saturated heterocycles. The first kappa shape index (κ1) is 11.2. The summed E-state index contributed by atoms with van der Waals surface area (Å²) in [5, 5.41) is 0. The largest absolute Gasteiger partial charge is 0.423 e. The van der Waals surface area contributed by atoms with Crippen molar-refractivity contribution in [3.8, 4) is 5.75 Å². The van der Waals surface area contributed by atoms with Gasteiger partial charge < -0.3 is 4.74 Å². The Labute approximate surface area is 89.9 Å². The number of ether oxygens (including phenoxy) is 1. The molecule has 15 heavy (non-hydrogen) atoms. The Bertz CT molecular complexity index is 386. The van der Waals surface area contributed by atoms with Gasteiger partial charge in [0.15, 0.2) is 0 Å². The van der Waals surface area contributed by atoms with E-state index < -0.39 is 0 Å². The molecule has 1 aromatic carbocycles. The van der Waals surface area contributed by atoms with Crippen molar-refractivity contribution in [2.24, 2.45) is 0 Å². The molecule has 0 N–H and O–H groups in total. The van der Waals surface area contributed by atoms with E-state index in [0.717, 1.165) is 5.56 Å². The molecule has 2 nitrogen and oxygen atoms in total. The summed E-state index contributed by atoms with van der Waals surface area (Å²) in [6.07, 6.45) is 3.46. The van der Waals surface area contributed by atoms with Crippen LogP contribution in [0.3, 0.4) is 0 Å². The minimum absolute atomic E-state index is 0.316. The van der Waals surface area contributed by atoms with Crippen LogP contribution in [0.5, 0.6) is 5.75 Å². The fourth-order valence-electron chi connectivity index (χ4n) is 0.977. The smallest absolute Gasteiger partial charge is 0.338 e. The maximum absolute atomic E-state index is 11.4. The molecule has 0 amide bonds. The number of carbonyl (C=O) groups excluding carboxylic acids is 1. The van der Waals surface area contributed by atoms with Crippen LogP contribution in [0.4, 0.5) is 0 Å². The summed E-state index contributed by atoms with van der Waals surface area (Å²) in [5.74, 6) is 0.232. The Morgan fingerprint density at radius 3 is 2.40 bits per heavy atom. The van der Waals surface area contributed by atoms with Crippen LogP contribution in [0.25, 0.3) is 6.08 Å². The number of carbonyl (C=O) groups is 1. The van der Waals surface area contributed by atoms with Gasteiger partial charge in [0, 0.05) is 5.57 Å². The third-order valence-corrected chi connectivity index (χ3v) is 2.08. The van der Waals surface area contributed by atoms with Gasteiger partial charge in [0.2, 0.25) is 0 Å². The first-order valence-corrected chi connectivity index (χ1v) is 4.75. The Morgan fingerprint density at radius 2 is 1.93 bits per heavy atom. The number of rotatable bonds is 3. The minimum atomic E-state index is -0.316. The van der Waals surface area contributed by atoms with Crippen molar-refractivity contribution in [1.82, 2.24) is 0 Å². The topological polar surface area (TPSA) is 26.3 Å². The molecule has 0 atom stereocenters. The predicted octanol–water partition coefficient (Wildman–Crippen LogP) is 3.20. The molecule has 0 aliphatic carbocycles. The standard InChI is InChI=1S/C13H14O2/c1-4-10(3)13(14)15-12-8-6-11(5-2)7-9-12/h4-9H,2H2,1,3H3. The summed E-state index contributed by atoms with van der Waals surface area (Å²) in [7, 11) is 0. The van der Waals surface area contributed by atoms with Gasteiger partial charge in [0.1, 0.15) is 5.75 Å². The SMILES string of the molecule is C=Cc1ccc(OC(=O)C(C)=CC)cc1. The fraction of sp³-hybridized carbons (Fsp3) is 0.154. The van der Waals surface area contributed by atoms with Gasteiger partial charge >= 0.3 is 5.97 Å². The van der Waals surface area contributed by atoms with E-state index in [-0.39, 0.29) is 5.97 Å². The van der Waals surface area contributed by atoms with Crippen LogP contribution in [-0.2, 0) is 4.79 Å². The number of esters is 1. The van der Waals surface area contributed by atoms with Crippen LogP contribution in [0.1, 0.15) is 19.4 Å². The zero-order chi connectivity index (χ0) is 11.3. The summed E-state index contributed by atoms with van der Waals surface area (Å²) in [6.45, 7) is 7.17. The van der Waals surface area contributed by atoms with Crippen molar-refractivity contribution in [1.29, 1.82) is 0 Å². The molecule has 0 saturated carbocycles. The molecule has 78 valence electrons. The van der Waals surface area contributed by atoms with E-state index in [1.165, 1.54) is 0 Å². The van der Waals surface area contributed by atoms with E-state index in [1.807, 2.05) is 12.1 Å². The molecule has 0 radical (unpaired) electrons. The molecule has 0 spiro atoms. The molecular weight excluding hydrogens is 188 g/mol. The molecule has 0 aliphatic rings. The summed E-state index contributed by atoms with van der Waals surface area (Å²) >= 11 is 0. The number of allylic oxidation sites excluding steroid dienone is 1. The Hall–Kier alpha value is -1.83. The average molecular weight is 202 g/mol. The minimum Gasteiger partial charge on any atom is -0.423 e. The van der Waals surface area contributed by atoms with Gasteiger partial charge in [0.05, 0.1) is 0 Å². The lowest BCUT2D eigenvalue weighted by molar-refractivity contribution is -0.130. The second kappa shape index (κ2) is 5.15. The lowest BCUT2D eigenvalue weighted by Crippen LogP contribution is -2.08. The predicted molar refractivity (Wildman–Crippen MR) is 61.6 cm³/mol. The molecule has 0 fully saturated rings. The summed E-state index contributed by atoms with van der Waals surface area (Å²) in [6, 6.07) is 7.19. The van der Waals surface area contributed by atoms with Crippen LogP contribution in [0.15, 0.2) is 42.5 Å². The van der Waals surface area contributed by atoms with Gasteiger partial charge in [-0.15, -0.1) is 0 Å². The lowest BCUT2D eigenvalue weighted by atomic mass is 10.2. The van der Waals surface area contributed by atoms with Gasteiger partial charge in [0.25, 0.3) is 0 Å². The fourth-order valence-corrected chi connectivity index (χ4v) is 0.977. The van der Waals surface area contributed by atoms with Crippen LogP contribution in [-0.4, -0.2) is 5.97 Å². The van der Waals surface area contributed by atoms with E-state index in [4.69, 9.17) is 4.74 Å². The normalized spacial score (nSPS) is 10.9. The van der Waals surface area contributed by atoms with Crippen molar-refractivity contribution in [3.63, 3.8) is 0 Å². The van der Waals surface area contributed by atoms with Crippen molar-refractivity contribution < 1.29 is 9.53 Å². The first-order chi connectivity index (χ1) is 7.17. The number of hydrogen-bond donors (Lipinski definition) is 0. The first-order valence-electron chi connectivity index (χ1n) is 4.75. The highest BCUT2D eigenvalue weighted by atomic mass is 16.5. The second-order valence-electron chi connectivity index (χ2n) is 3.13. The zero-order valence-electron chi connectivity index (χ0n) is 8.99. The highest BCUT2D eigenvalue weighted by molar-refractivity contribution is 5.89. The van der Waals surface area contributed by atoms with Crippen molar-refractivity contribution in [2.75, 3.05) is 0 Å². The monoisotopic (exact) mass is 202 g/mol. The Balaban J connectivity index is 2.73. The third kappa shape index (κ3) is 3.09. The third-order valence-electron chi connectivity index (χ3n) is 2.08. The maximum atomic E-state index is 11.4. The van der Waals surface area contributed by atoms with Crippen LogP contribution < -0.4 is 4.74 Å². The van der Waals surface area contributed by atoms with Gasteiger partial charge in [-0.1, -0.05) is 30.9 Å². The second-order valence-corrected chi connectivity index (χ2v) is 3.13. The molecule has 2 heteroatoms. The van der Waals surface area contributed by atoms with E-state index in [2.05, 4.69) is 6.58 Å². The summed E-state index contributed by atoms with van der Waals surface area (Å²) in [5.41, 5.74) is 1.60. The quantitative estimate of drug-likeness (QED) is 0.427. The summed E-state index contributed by atoms with van der Waals surface area (Å²) in [4.78, 5) is 11.4. The van der Waals surface area contributed by atoms with E-state index >= 15 is 0 Å². The Kier molecular flexibility index (Phi) is 3.86. The molecule has 1 aromatic rings. The maximum Gasteiger partial charge on any atom is 0.338 e. The molecule has 0 aliphatic heterocycles. The highest BCUT2D eigenvalue weighted by Crippen LogP contribution is 2.14. The molecule has 0 heterocycles. The average Bonchev–Trinajstić information content (AvgIpc) is 2.29. The zero-order valence-corrected chi connectivity index (χ0v) is 8.99. The van der Waals surface area contributed by atoms with Gasteiger partial charge in [-0.2, -0.15) is 0 Å². The number of benzene rings is 1. The van der Waals surface area contributed by atoms with E-state index in [1.54, 1.807) is 38.1 Å². The van der Waals surface area contributed by atoms with Gasteiger partial charge in [-0.05, 0) is 31.5 Å². The Morgan fingerprint density at radius 1 is 1.33 bits per heavy atom. The highest BCUT2D eigenvalue weighted by Gasteiger charge is 2.05. The van der Waals surface area contributed by atoms with E-state index in [0.29, 0.717) is 11.3 Å². The summed E-state index contributed by atoms with van der Waals surface area (Å²) < 4.78 is 5.13.